The number of alkyl halides is 3. The lowest BCUT2D eigenvalue weighted by atomic mass is 10.1. The van der Waals surface area contributed by atoms with Gasteiger partial charge in [-0.1, -0.05) is 4.68 Å². The molecule has 0 spiro atoms. The summed E-state index contributed by atoms with van der Waals surface area (Å²) in [4.78, 5) is 3.73. The molecule has 6 nitrogen and oxygen atoms in total. The first-order chi connectivity index (χ1) is 10.2. The number of nitrogens with zero attached hydrogens (tertiary/aromatic N) is 3. The summed E-state index contributed by atoms with van der Waals surface area (Å²) in [5.74, 6) is -0.540. The molecule has 2 heterocycles. The summed E-state index contributed by atoms with van der Waals surface area (Å²) < 4.78 is 69.8. The highest BCUT2D eigenvalue weighted by molar-refractivity contribution is 7.85. The van der Waals surface area contributed by atoms with Crippen molar-refractivity contribution >= 4 is 10.1 Å². The first-order valence-electron chi connectivity index (χ1n) is 6.00. The summed E-state index contributed by atoms with van der Waals surface area (Å²) in [6.07, 6.45) is -0.832. The Morgan fingerprint density at radius 1 is 1.27 bits per heavy atom. The second-order valence-corrected chi connectivity index (χ2v) is 5.93. The van der Waals surface area contributed by atoms with Crippen molar-refractivity contribution < 1.29 is 30.8 Å². The summed E-state index contributed by atoms with van der Waals surface area (Å²) in [6, 6.07) is 3.45. The van der Waals surface area contributed by atoms with Crippen LogP contribution < -0.4 is 4.68 Å². The van der Waals surface area contributed by atoms with Crippen LogP contribution in [0.25, 0.3) is 11.3 Å². The molecule has 2 aromatic rings. The quantitative estimate of drug-likeness (QED) is 0.674. The predicted octanol–water partition coefficient (Wildman–Crippen LogP) is 1.34. The van der Waals surface area contributed by atoms with Gasteiger partial charge in [0.25, 0.3) is 10.1 Å². The average Bonchev–Trinajstić information content (AvgIpc) is 2.44. The number of aryl methyl sites for hydroxylation is 1. The van der Waals surface area contributed by atoms with Crippen molar-refractivity contribution in [2.45, 2.75) is 12.7 Å². The largest absolute Gasteiger partial charge is 0.418 e. The molecule has 0 aromatic carbocycles. The Labute approximate surface area is 124 Å². The molecule has 0 radical (unpaired) electrons. The van der Waals surface area contributed by atoms with Crippen LogP contribution in [0.2, 0.25) is 0 Å². The lowest BCUT2D eigenvalue weighted by Crippen LogP contribution is -2.40. The highest BCUT2D eigenvalue weighted by Crippen LogP contribution is 2.35. The minimum Gasteiger partial charge on any atom is -0.285 e. The van der Waals surface area contributed by atoms with Crippen molar-refractivity contribution in [1.82, 2.24) is 10.1 Å². The van der Waals surface area contributed by atoms with Gasteiger partial charge in [-0.3, -0.25) is 9.54 Å². The molecule has 22 heavy (non-hydrogen) atoms. The van der Waals surface area contributed by atoms with Crippen molar-refractivity contribution in [3.8, 4) is 11.3 Å². The smallest absolute Gasteiger partial charge is 0.285 e. The third kappa shape index (κ3) is 4.21. The predicted molar refractivity (Wildman–Crippen MR) is 69.1 cm³/mol. The molecule has 0 saturated heterocycles. The highest BCUT2D eigenvalue weighted by atomic mass is 32.2. The van der Waals surface area contributed by atoms with E-state index in [2.05, 4.69) is 10.1 Å². The van der Waals surface area contributed by atoms with Crippen molar-refractivity contribution in [2.75, 3.05) is 5.75 Å². The second kappa shape index (κ2) is 5.97. The van der Waals surface area contributed by atoms with Crippen LogP contribution in [0.3, 0.4) is 0 Å². The van der Waals surface area contributed by atoms with E-state index in [1.54, 1.807) is 0 Å². The van der Waals surface area contributed by atoms with E-state index in [1.165, 1.54) is 29.2 Å². The fourth-order valence-corrected chi connectivity index (χ4v) is 2.15. The van der Waals surface area contributed by atoms with Gasteiger partial charge >= 0.3 is 6.18 Å². The van der Waals surface area contributed by atoms with E-state index < -0.39 is 27.6 Å². The van der Waals surface area contributed by atoms with Gasteiger partial charge in [0.1, 0.15) is 11.9 Å². The first-order valence-corrected chi connectivity index (χ1v) is 7.61. The van der Waals surface area contributed by atoms with Gasteiger partial charge in [-0.25, -0.2) is 0 Å². The fourth-order valence-electron chi connectivity index (χ4n) is 1.73. The topological polar surface area (TPSA) is 84.0 Å². The minimum absolute atomic E-state index is 0.118. The minimum atomic E-state index is -4.54. The third-order valence-corrected chi connectivity index (χ3v) is 3.43. The summed E-state index contributed by atoms with van der Waals surface area (Å²) >= 11 is 0. The van der Waals surface area contributed by atoms with E-state index >= 15 is 0 Å². The maximum atomic E-state index is 12.9. The van der Waals surface area contributed by atoms with E-state index in [0.29, 0.717) is 0 Å². The van der Waals surface area contributed by atoms with Crippen molar-refractivity contribution in [3.05, 3.63) is 42.4 Å². The van der Waals surface area contributed by atoms with E-state index in [-0.39, 0.29) is 17.8 Å². The van der Waals surface area contributed by atoms with Crippen LogP contribution in [0.15, 0.2) is 36.8 Å². The van der Waals surface area contributed by atoms with Crippen LogP contribution in [-0.4, -0.2) is 28.8 Å². The van der Waals surface area contributed by atoms with Gasteiger partial charge in [0, 0.05) is 17.8 Å². The van der Waals surface area contributed by atoms with E-state index in [0.717, 1.165) is 12.3 Å². The number of halogens is 3. The van der Waals surface area contributed by atoms with Gasteiger partial charge in [-0.15, -0.1) is 0 Å². The number of pyridine rings is 1. The monoisotopic (exact) mass is 334 g/mol. The Kier molecular flexibility index (Phi) is 4.42. The Hall–Kier alpha value is -2.07. The SMILES string of the molecule is O=S(=O)(O)CC[n+]1ccc(-c2ncccc2C(F)(F)F)cn1. The zero-order chi connectivity index (χ0) is 16.4. The number of hydrogen-bond acceptors (Lipinski definition) is 4. The van der Waals surface area contributed by atoms with Crippen molar-refractivity contribution in [1.29, 1.82) is 0 Å². The Bertz CT molecular complexity index is 761. The third-order valence-electron chi connectivity index (χ3n) is 2.74. The summed E-state index contributed by atoms with van der Waals surface area (Å²) in [5.41, 5.74) is -0.993. The lowest BCUT2D eigenvalue weighted by Gasteiger charge is -2.10. The fraction of sp³-hybridized carbons (Fsp3) is 0.250. The molecule has 0 aliphatic carbocycles. The van der Waals surface area contributed by atoms with Crippen molar-refractivity contribution in [3.63, 3.8) is 0 Å². The molecule has 1 N–H and O–H groups in total. The Balaban J connectivity index is 2.28. The molecule has 10 heteroatoms. The normalized spacial score (nSPS) is 12.4. The number of aromatic nitrogens is 3. The van der Waals surface area contributed by atoms with E-state index in [1.807, 2.05) is 0 Å². The molecule has 2 aromatic heterocycles. The second-order valence-electron chi connectivity index (χ2n) is 4.36. The van der Waals surface area contributed by atoms with Crippen LogP contribution in [0.4, 0.5) is 13.2 Å². The summed E-state index contributed by atoms with van der Waals surface area (Å²) in [6.45, 7) is -0.118. The zero-order valence-corrected chi connectivity index (χ0v) is 11.8. The lowest BCUT2D eigenvalue weighted by molar-refractivity contribution is -0.750. The van der Waals surface area contributed by atoms with Crippen LogP contribution >= 0.6 is 0 Å². The van der Waals surface area contributed by atoms with Gasteiger partial charge in [-0.05, 0) is 17.2 Å². The van der Waals surface area contributed by atoms with Crippen LogP contribution in [0.1, 0.15) is 5.56 Å². The molecule has 0 amide bonds. The molecule has 0 unspecified atom stereocenters. The van der Waals surface area contributed by atoms with Gasteiger partial charge < -0.3 is 0 Å². The molecule has 0 atom stereocenters. The van der Waals surface area contributed by atoms with Gasteiger partial charge in [0.05, 0.1) is 11.3 Å². The Morgan fingerprint density at radius 2 is 2.00 bits per heavy atom. The average molecular weight is 334 g/mol. The summed E-state index contributed by atoms with van der Waals surface area (Å²) in [5, 5.41) is 3.82. The standard InChI is InChI=1S/C12H10F3N3O3S/c13-12(14,15)10-2-1-4-16-11(10)9-3-5-18(17-8-9)6-7-22(19,20)21/h1-5,8H,6-7H2/p+1. The highest BCUT2D eigenvalue weighted by Gasteiger charge is 2.34. The maximum Gasteiger partial charge on any atom is 0.418 e. The molecule has 0 saturated carbocycles. The van der Waals surface area contributed by atoms with E-state index in [9.17, 15) is 21.6 Å². The first kappa shape index (κ1) is 16.3. The van der Waals surface area contributed by atoms with E-state index in [4.69, 9.17) is 4.55 Å². The Morgan fingerprint density at radius 3 is 2.55 bits per heavy atom. The molecule has 118 valence electrons. The number of hydrogen-bond donors (Lipinski definition) is 1. The van der Waals surface area contributed by atoms with Crippen molar-refractivity contribution in [2.24, 2.45) is 0 Å². The van der Waals surface area contributed by atoms with Gasteiger partial charge in [-0.2, -0.15) is 21.6 Å². The van der Waals surface area contributed by atoms with Gasteiger partial charge in [0.15, 0.2) is 12.7 Å². The summed E-state index contributed by atoms with van der Waals surface area (Å²) in [7, 11) is -4.13. The van der Waals surface area contributed by atoms with Crippen LogP contribution in [0.5, 0.6) is 0 Å². The van der Waals surface area contributed by atoms with Gasteiger partial charge in [0.2, 0.25) is 0 Å². The number of rotatable bonds is 4. The molecule has 0 fully saturated rings. The molecule has 0 aliphatic heterocycles. The zero-order valence-electron chi connectivity index (χ0n) is 11.0. The molecule has 2 rings (SSSR count). The maximum absolute atomic E-state index is 12.9. The van der Waals surface area contributed by atoms with Crippen LogP contribution in [0, 0.1) is 0 Å². The molecular weight excluding hydrogens is 323 g/mol. The molecule has 0 bridgehead atoms. The molecular formula is C12H11F3N3O3S+. The molecule has 0 aliphatic rings. The van der Waals surface area contributed by atoms with Crippen LogP contribution in [-0.2, 0) is 22.8 Å².